The molecule has 9 heteroatoms. The highest BCUT2D eigenvalue weighted by Crippen LogP contribution is 2.33. The molecule has 0 saturated carbocycles. The molecule has 0 spiro atoms. The number of methoxy groups -OCH3 is 1. The molecule has 1 fully saturated rings. The Morgan fingerprint density at radius 2 is 2.00 bits per heavy atom. The molecular weight excluding hydrogens is 445 g/mol. The van der Waals surface area contributed by atoms with Crippen LogP contribution in [-0.2, 0) is 14.3 Å². The summed E-state index contributed by atoms with van der Waals surface area (Å²) < 4.78 is 5.13. The summed E-state index contributed by atoms with van der Waals surface area (Å²) in [6.07, 6.45) is -0.0113. The molecule has 1 aliphatic rings. The van der Waals surface area contributed by atoms with E-state index in [4.69, 9.17) is 27.9 Å². The van der Waals surface area contributed by atoms with Crippen LogP contribution >= 0.6 is 35.0 Å². The van der Waals surface area contributed by atoms with Crippen LogP contribution in [0.15, 0.2) is 47.5 Å². The maximum atomic E-state index is 12.9. The third-order valence-corrected chi connectivity index (χ3v) is 6.46. The molecule has 0 aliphatic carbocycles. The van der Waals surface area contributed by atoms with Gasteiger partial charge in [0.1, 0.15) is 5.25 Å². The SMILES string of the molecule is COCCN1C(=O)C(CC(=O)Nc2cccc(Cl)c2Cl)SC1=Nc1ccccc1C. The van der Waals surface area contributed by atoms with Crippen molar-refractivity contribution in [3.63, 3.8) is 0 Å². The molecule has 0 radical (unpaired) electrons. The largest absolute Gasteiger partial charge is 0.383 e. The minimum Gasteiger partial charge on any atom is -0.383 e. The van der Waals surface area contributed by atoms with Crippen molar-refractivity contribution in [1.29, 1.82) is 0 Å². The van der Waals surface area contributed by atoms with Crippen LogP contribution in [0, 0.1) is 6.92 Å². The van der Waals surface area contributed by atoms with Gasteiger partial charge in [-0.1, -0.05) is 59.2 Å². The van der Waals surface area contributed by atoms with E-state index in [0.29, 0.717) is 29.0 Å². The fourth-order valence-electron chi connectivity index (χ4n) is 2.88. The number of thioether (sulfide) groups is 1. The van der Waals surface area contributed by atoms with Crippen LogP contribution in [0.1, 0.15) is 12.0 Å². The van der Waals surface area contributed by atoms with Crippen molar-refractivity contribution in [2.75, 3.05) is 25.6 Å². The van der Waals surface area contributed by atoms with Crippen LogP contribution in [0.4, 0.5) is 11.4 Å². The van der Waals surface area contributed by atoms with Crippen LogP contribution in [0.5, 0.6) is 0 Å². The number of hydrogen-bond acceptors (Lipinski definition) is 5. The lowest BCUT2D eigenvalue weighted by Crippen LogP contribution is -2.35. The zero-order valence-electron chi connectivity index (χ0n) is 16.5. The summed E-state index contributed by atoms with van der Waals surface area (Å²) >= 11 is 13.4. The number of amidine groups is 1. The quantitative estimate of drug-likeness (QED) is 0.630. The number of para-hydroxylation sites is 1. The molecule has 3 rings (SSSR count). The second-order valence-electron chi connectivity index (χ2n) is 6.62. The third kappa shape index (κ3) is 5.35. The predicted octanol–water partition coefficient (Wildman–Crippen LogP) is 4.91. The lowest BCUT2D eigenvalue weighted by atomic mass is 10.2. The molecule has 2 aromatic rings. The number of hydrogen-bond donors (Lipinski definition) is 1. The number of rotatable bonds is 7. The van der Waals surface area contributed by atoms with E-state index < -0.39 is 5.25 Å². The van der Waals surface area contributed by atoms with Gasteiger partial charge in [0.05, 0.1) is 34.6 Å². The fourth-order valence-corrected chi connectivity index (χ4v) is 4.40. The summed E-state index contributed by atoms with van der Waals surface area (Å²) in [5.74, 6) is -0.495. The Balaban J connectivity index is 1.76. The average Bonchev–Trinajstić information content (AvgIpc) is 3.00. The van der Waals surface area contributed by atoms with Crippen molar-refractivity contribution < 1.29 is 14.3 Å². The lowest BCUT2D eigenvalue weighted by Gasteiger charge is -2.16. The van der Waals surface area contributed by atoms with Crippen molar-refractivity contribution in [3.05, 3.63) is 58.1 Å². The van der Waals surface area contributed by atoms with Gasteiger partial charge in [-0.05, 0) is 30.7 Å². The Morgan fingerprint density at radius 3 is 2.73 bits per heavy atom. The van der Waals surface area contributed by atoms with Crippen LogP contribution in [0.3, 0.4) is 0 Å². The van der Waals surface area contributed by atoms with Crippen LogP contribution < -0.4 is 5.32 Å². The van der Waals surface area contributed by atoms with E-state index in [2.05, 4.69) is 10.3 Å². The summed E-state index contributed by atoms with van der Waals surface area (Å²) in [6, 6.07) is 12.7. The minimum atomic E-state index is -0.581. The number of amides is 2. The van der Waals surface area contributed by atoms with Crippen LogP contribution in [0.25, 0.3) is 0 Å². The maximum absolute atomic E-state index is 12.9. The molecule has 2 aromatic carbocycles. The number of ether oxygens (including phenoxy) is 1. The van der Waals surface area contributed by atoms with Gasteiger partial charge >= 0.3 is 0 Å². The first-order chi connectivity index (χ1) is 14.4. The van der Waals surface area contributed by atoms with Gasteiger partial charge in [0.15, 0.2) is 5.17 Å². The highest BCUT2D eigenvalue weighted by molar-refractivity contribution is 8.15. The van der Waals surface area contributed by atoms with E-state index in [1.54, 1.807) is 30.2 Å². The van der Waals surface area contributed by atoms with Gasteiger partial charge in [-0.25, -0.2) is 4.99 Å². The Hall–Kier alpha value is -2.06. The van der Waals surface area contributed by atoms with E-state index in [1.807, 2.05) is 31.2 Å². The Morgan fingerprint density at radius 1 is 1.23 bits per heavy atom. The van der Waals surface area contributed by atoms with Gasteiger partial charge < -0.3 is 10.1 Å². The Kier molecular flexibility index (Phi) is 7.77. The number of halogens is 2. The van der Waals surface area contributed by atoms with Gasteiger partial charge in [0.2, 0.25) is 11.8 Å². The molecule has 1 unspecified atom stereocenters. The number of nitrogens with one attached hydrogen (secondary N) is 1. The zero-order valence-corrected chi connectivity index (χ0v) is 18.9. The lowest BCUT2D eigenvalue weighted by molar-refractivity contribution is -0.128. The molecule has 1 aliphatic heterocycles. The van der Waals surface area contributed by atoms with Crippen molar-refractivity contribution in [1.82, 2.24) is 4.90 Å². The second kappa shape index (κ2) is 10.3. The summed E-state index contributed by atoms with van der Waals surface area (Å²) in [7, 11) is 1.57. The van der Waals surface area contributed by atoms with Crippen molar-refractivity contribution >= 4 is 63.3 Å². The van der Waals surface area contributed by atoms with Gasteiger partial charge in [0, 0.05) is 13.5 Å². The summed E-state index contributed by atoms with van der Waals surface area (Å²) in [4.78, 5) is 31.7. The number of carbonyl (C=O) groups is 2. The van der Waals surface area contributed by atoms with Crippen molar-refractivity contribution in [3.8, 4) is 0 Å². The van der Waals surface area contributed by atoms with Gasteiger partial charge in [-0.3, -0.25) is 14.5 Å². The van der Waals surface area contributed by atoms with Crippen molar-refractivity contribution in [2.24, 2.45) is 4.99 Å². The standard InChI is InChI=1S/C21H21Cl2N3O3S/c1-13-6-3-4-8-15(13)25-21-26(10-11-29-2)20(28)17(30-21)12-18(27)24-16-9-5-7-14(22)19(16)23/h3-9,17H,10-12H2,1-2H3,(H,24,27). The molecule has 1 atom stereocenters. The van der Waals surface area contributed by atoms with Gasteiger partial charge in [-0.15, -0.1) is 0 Å². The summed E-state index contributed by atoms with van der Waals surface area (Å²) in [6.45, 7) is 2.70. The highest BCUT2D eigenvalue weighted by Gasteiger charge is 2.39. The van der Waals surface area contributed by atoms with E-state index in [1.165, 1.54) is 11.8 Å². The molecule has 1 N–H and O–H groups in total. The van der Waals surface area contributed by atoms with Gasteiger partial charge in [-0.2, -0.15) is 0 Å². The average molecular weight is 466 g/mol. The van der Waals surface area contributed by atoms with Crippen molar-refractivity contribution in [2.45, 2.75) is 18.6 Å². The normalized spacial score (nSPS) is 17.6. The molecule has 158 valence electrons. The Labute approximate surface area is 189 Å². The number of nitrogens with zero attached hydrogens (tertiary/aromatic N) is 2. The molecule has 1 saturated heterocycles. The van der Waals surface area contributed by atoms with Crippen LogP contribution in [-0.4, -0.2) is 47.4 Å². The third-order valence-electron chi connectivity index (χ3n) is 4.47. The number of anilines is 1. The summed E-state index contributed by atoms with van der Waals surface area (Å²) in [5.41, 5.74) is 2.20. The number of benzene rings is 2. The van der Waals surface area contributed by atoms with E-state index in [9.17, 15) is 9.59 Å². The molecule has 6 nitrogen and oxygen atoms in total. The molecule has 1 heterocycles. The topological polar surface area (TPSA) is 71.0 Å². The molecular formula is C21H21Cl2N3O3S. The number of carbonyl (C=O) groups excluding carboxylic acids is 2. The van der Waals surface area contributed by atoms with E-state index >= 15 is 0 Å². The number of aryl methyl sites for hydroxylation is 1. The second-order valence-corrected chi connectivity index (χ2v) is 8.58. The number of aliphatic imine (C=N–C) groups is 1. The molecule has 0 aromatic heterocycles. The summed E-state index contributed by atoms with van der Waals surface area (Å²) in [5, 5.41) is 3.32. The zero-order chi connectivity index (χ0) is 21.7. The fraction of sp³-hybridized carbons (Fsp3) is 0.286. The first-order valence-electron chi connectivity index (χ1n) is 9.26. The monoisotopic (exact) mass is 465 g/mol. The Bertz CT molecular complexity index is 984. The predicted molar refractivity (Wildman–Crippen MR) is 123 cm³/mol. The first-order valence-corrected chi connectivity index (χ1v) is 10.9. The molecule has 30 heavy (non-hydrogen) atoms. The minimum absolute atomic E-state index is 0.0113. The van der Waals surface area contributed by atoms with Crippen LogP contribution in [0.2, 0.25) is 10.0 Å². The molecule has 2 amide bonds. The maximum Gasteiger partial charge on any atom is 0.242 e. The first kappa shape index (κ1) is 22.6. The van der Waals surface area contributed by atoms with E-state index in [-0.39, 0.29) is 23.3 Å². The molecule has 0 bridgehead atoms. The van der Waals surface area contributed by atoms with Gasteiger partial charge in [0.25, 0.3) is 0 Å². The smallest absolute Gasteiger partial charge is 0.242 e. The van der Waals surface area contributed by atoms with E-state index in [0.717, 1.165) is 11.3 Å². The highest BCUT2D eigenvalue weighted by atomic mass is 35.5.